The molecule has 2 rings (SSSR count). The fraction of sp³-hybridized carbons (Fsp3) is 0.533. The first-order valence-corrected chi connectivity index (χ1v) is 6.83. The molecule has 0 saturated heterocycles. The fourth-order valence-corrected chi connectivity index (χ4v) is 2.55. The molecule has 19 heavy (non-hydrogen) atoms. The Morgan fingerprint density at radius 1 is 1.26 bits per heavy atom. The zero-order valence-corrected chi connectivity index (χ0v) is 12.0. The van der Waals surface area contributed by atoms with Crippen LogP contribution in [0.2, 0.25) is 0 Å². The van der Waals surface area contributed by atoms with E-state index in [1.54, 1.807) is 0 Å². The second-order valence-corrected chi connectivity index (χ2v) is 5.19. The van der Waals surface area contributed by atoms with Crippen molar-refractivity contribution in [3.8, 4) is 0 Å². The van der Waals surface area contributed by atoms with E-state index in [4.69, 9.17) is 5.73 Å². The van der Waals surface area contributed by atoms with Crippen molar-refractivity contribution in [1.29, 1.82) is 0 Å². The molecule has 4 heteroatoms. The van der Waals surface area contributed by atoms with E-state index in [1.807, 2.05) is 30.3 Å². The molecule has 0 aromatic heterocycles. The van der Waals surface area contributed by atoms with E-state index in [1.165, 1.54) is 25.7 Å². The molecule has 1 atom stereocenters. The van der Waals surface area contributed by atoms with Crippen LogP contribution >= 0.6 is 12.4 Å². The van der Waals surface area contributed by atoms with Crippen molar-refractivity contribution in [3.63, 3.8) is 0 Å². The van der Waals surface area contributed by atoms with Gasteiger partial charge in [-0.1, -0.05) is 43.2 Å². The smallest absolute Gasteiger partial charge is 0.237 e. The molecule has 0 spiro atoms. The van der Waals surface area contributed by atoms with Gasteiger partial charge in [0.25, 0.3) is 0 Å². The lowest BCUT2D eigenvalue weighted by Gasteiger charge is -2.15. The van der Waals surface area contributed by atoms with E-state index in [9.17, 15) is 4.79 Å². The van der Waals surface area contributed by atoms with Gasteiger partial charge < -0.3 is 11.1 Å². The highest BCUT2D eigenvalue weighted by Gasteiger charge is 2.18. The molecule has 1 aromatic carbocycles. The molecule has 0 radical (unpaired) electrons. The summed E-state index contributed by atoms with van der Waals surface area (Å²) in [6, 6.07) is 9.48. The van der Waals surface area contributed by atoms with E-state index in [-0.39, 0.29) is 18.3 Å². The third-order valence-corrected chi connectivity index (χ3v) is 3.67. The maximum absolute atomic E-state index is 11.9. The van der Waals surface area contributed by atoms with Crippen molar-refractivity contribution in [2.24, 2.45) is 11.7 Å². The van der Waals surface area contributed by atoms with Crippen molar-refractivity contribution in [2.75, 3.05) is 6.54 Å². The van der Waals surface area contributed by atoms with Gasteiger partial charge in [0.15, 0.2) is 0 Å². The van der Waals surface area contributed by atoms with Gasteiger partial charge >= 0.3 is 0 Å². The van der Waals surface area contributed by atoms with Crippen molar-refractivity contribution < 1.29 is 4.79 Å². The van der Waals surface area contributed by atoms with Crippen LogP contribution in [-0.2, 0) is 11.2 Å². The largest absolute Gasteiger partial charge is 0.354 e. The number of carbonyl (C=O) groups excluding carboxylic acids is 1. The summed E-state index contributed by atoms with van der Waals surface area (Å²) in [6.45, 7) is 0.793. The number of carbonyl (C=O) groups is 1. The summed E-state index contributed by atoms with van der Waals surface area (Å²) in [5.74, 6) is 0.642. The molecule has 0 bridgehead atoms. The minimum atomic E-state index is -0.436. The first kappa shape index (κ1) is 16.0. The number of halogens is 1. The Morgan fingerprint density at radius 2 is 1.89 bits per heavy atom. The molecule has 1 fully saturated rings. The summed E-state index contributed by atoms with van der Waals surface area (Å²) >= 11 is 0. The summed E-state index contributed by atoms with van der Waals surface area (Å²) in [5.41, 5.74) is 7.03. The number of nitrogens with two attached hydrogens (primary N) is 1. The molecule has 1 aliphatic rings. The van der Waals surface area contributed by atoms with Crippen LogP contribution in [0.3, 0.4) is 0 Å². The van der Waals surface area contributed by atoms with Crippen LogP contribution < -0.4 is 11.1 Å². The molecule has 106 valence electrons. The van der Waals surface area contributed by atoms with Crippen molar-refractivity contribution in [3.05, 3.63) is 35.9 Å². The number of hydrogen-bond donors (Lipinski definition) is 2. The molecule has 0 heterocycles. The van der Waals surface area contributed by atoms with Gasteiger partial charge in [-0.3, -0.25) is 4.79 Å². The highest BCUT2D eigenvalue weighted by Crippen LogP contribution is 2.23. The van der Waals surface area contributed by atoms with Gasteiger partial charge in [0.2, 0.25) is 5.91 Å². The lowest BCUT2D eigenvalue weighted by atomic mass is 10.1. The SMILES string of the molecule is Cl.NC(Cc1ccccc1)C(=O)NCC1CCCC1. The molecular weight excluding hydrogens is 260 g/mol. The average molecular weight is 283 g/mol. The summed E-state index contributed by atoms with van der Waals surface area (Å²) in [6.07, 6.45) is 5.70. The third kappa shape index (κ3) is 5.21. The van der Waals surface area contributed by atoms with E-state index in [2.05, 4.69) is 5.32 Å². The average Bonchev–Trinajstić information content (AvgIpc) is 2.90. The number of nitrogens with one attached hydrogen (secondary N) is 1. The number of benzene rings is 1. The van der Waals surface area contributed by atoms with Crippen LogP contribution in [0.4, 0.5) is 0 Å². The van der Waals surface area contributed by atoms with Gasteiger partial charge in [-0.05, 0) is 30.7 Å². The van der Waals surface area contributed by atoms with Crippen molar-refractivity contribution in [1.82, 2.24) is 5.32 Å². The second kappa shape index (κ2) is 8.18. The number of amides is 1. The quantitative estimate of drug-likeness (QED) is 0.871. The number of rotatable bonds is 5. The van der Waals surface area contributed by atoms with Crippen LogP contribution in [0.25, 0.3) is 0 Å². The predicted molar refractivity (Wildman–Crippen MR) is 80.3 cm³/mol. The molecular formula is C15H23ClN2O. The molecule has 1 unspecified atom stereocenters. The van der Waals surface area contributed by atoms with E-state index < -0.39 is 6.04 Å². The third-order valence-electron chi connectivity index (χ3n) is 3.67. The lowest BCUT2D eigenvalue weighted by molar-refractivity contribution is -0.122. The summed E-state index contributed by atoms with van der Waals surface area (Å²) in [5, 5.41) is 2.98. The molecule has 0 aliphatic heterocycles. The van der Waals surface area contributed by atoms with Gasteiger partial charge in [-0.25, -0.2) is 0 Å². The van der Waals surface area contributed by atoms with Gasteiger partial charge in [0.05, 0.1) is 6.04 Å². The molecule has 3 nitrogen and oxygen atoms in total. The Bertz CT molecular complexity index is 377. The standard InChI is InChI=1S/C15H22N2O.ClH/c16-14(10-12-6-2-1-3-7-12)15(18)17-11-13-8-4-5-9-13;/h1-3,6-7,13-14H,4-5,8-11,16H2,(H,17,18);1H. The lowest BCUT2D eigenvalue weighted by Crippen LogP contribution is -2.43. The van der Waals surface area contributed by atoms with Gasteiger partial charge in [0.1, 0.15) is 0 Å². The van der Waals surface area contributed by atoms with E-state index in [0.29, 0.717) is 12.3 Å². The van der Waals surface area contributed by atoms with Crippen LogP contribution in [-0.4, -0.2) is 18.5 Å². The fourth-order valence-electron chi connectivity index (χ4n) is 2.55. The Kier molecular flexibility index (Phi) is 6.89. The van der Waals surface area contributed by atoms with Crippen LogP contribution in [0.5, 0.6) is 0 Å². The van der Waals surface area contributed by atoms with Crippen molar-refractivity contribution >= 4 is 18.3 Å². The highest BCUT2D eigenvalue weighted by molar-refractivity contribution is 5.85. The molecule has 3 N–H and O–H groups in total. The van der Waals surface area contributed by atoms with Crippen LogP contribution in [0.1, 0.15) is 31.2 Å². The maximum Gasteiger partial charge on any atom is 0.237 e. The summed E-state index contributed by atoms with van der Waals surface area (Å²) in [4.78, 5) is 11.9. The summed E-state index contributed by atoms with van der Waals surface area (Å²) < 4.78 is 0. The topological polar surface area (TPSA) is 55.1 Å². The minimum Gasteiger partial charge on any atom is -0.354 e. The first-order valence-electron chi connectivity index (χ1n) is 6.83. The van der Waals surface area contributed by atoms with Crippen LogP contribution in [0.15, 0.2) is 30.3 Å². The first-order chi connectivity index (χ1) is 8.75. The minimum absolute atomic E-state index is 0. The zero-order valence-electron chi connectivity index (χ0n) is 11.2. The Hall–Kier alpha value is -1.06. The van der Waals surface area contributed by atoms with Crippen LogP contribution in [0, 0.1) is 5.92 Å². The molecule has 1 aliphatic carbocycles. The summed E-state index contributed by atoms with van der Waals surface area (Å²) in [7, 11) is 0. The highest BCUT2D eigenvalue weighted by atomic mass is 35.5. The Balaban J connectivity index is 0.00000180. The molecule has 1 aromatic rings. The normalized spacial score (nSPS) is 16.7. The Labute approximate surface area is 121 Å². The van der Waals surface area contributed by atoms with Gasteiger partial charge in [-0.15, -0.1) is 12.4 Å². The van der Waals surface area contributed by atoms with Gasteiger partial charge in [0, 0.05) is 6.54 Å². The van der Waals surface area contributed by atoms with E-state index >= 15 is 0 Å². The Morgan fingerprint density at radius 3 is 2.53 bits per heavy atom. The zero-order chi connectivity index (χ0) is 12.8. The maximum atomic E-state index is 11.9. The molecule has 1 saturated carbocycles. The predicted octanol–water partition coefficient (Wildman–Crippen LogP) is 2.28. The van der Waals surface area contributed by atoms with Crippen molar-refractivity contribution in [2.45, 2.75) is 38.1 Å². The second-order valence-electron chi connectivity index (χ2n) is 5.19. The number of hydrogen-bond acceptors (Lipinski definition) is 2. The van der Waals surface area contributed by atoms with Gasteiger partial charge in [-0.2, -0.15) is 0 Å². The molecule has 1 amide bonds. The van der Waals surface area contributed by atoms with E-state index in [0.717, 1.165) is 12.1 Å². The monoisotopic (exact) mass is 282 g/mol.